The molecule has 0 aromatic heterocycles. The second-order valence-corrected chi connectivity index (χ2v) is 3.11. The lowest BCUT2D eigenvalue weighted by Gasteiger charge is -2.17. The predicted molar refractivity (Wildman–Crippen MR) is 40.3 cm³/mol. The molecule has 0 aromatic rings. The summed E-state index contributed by atoms with van der Waals surface area (Å²) in [7, 11) is 0. The maximum absolute atomic E-state index is 5.83. The Labute approximate surface area is 65.1 Å². The molecule has 0 aromatic carbocycles. The van der Waals surface area contributed by atoms with E-state index in [0.717, 1.165) is 6.42 Å². The molecular formula is C5H9Cl3. The molecule has 0 bridgehead atoms. The van der Waals surface area contributed by atoms with E-state index in [9.17, 15) is 0 Å². The third-order valence-corrected chi connectivity index (χ3v) is 2.94. The first-order valence-corrected chi connectivity index (χ1v) is 3.94. The number of rotatable bonds is 3. The SMILES string of the molecule is CCC(Cl)(CCl)CCl. The van der Waals surface area contributed by atoms with Gasteiger partial charge in [0.2, 0.25) is 0 Å². The first-order chi connectivity index (χ1) is 3.68. The van der Waals surface area contributed by atoms with Crippen molar-refractivity contribution in [2.75, 3.05) is 11.8 Å². The Bertz CT molecular complexity index is 50.4. The van der Waals surface area contributed by atoms with Crippen LogP contribution in [0.1, 0.15) is 13.3 Å². The molecule has 0 radical (unpaired) electrons. The van der Waals surface area contributed by atoms with E-state index in [-0.39, 0.29) is 4.87 Å². The summed E-state index contributed by atoms with van der Waals surface area (Å²) in [6.07, 6.45) is 0.821. The summed E-state index contributed by atoms with van der Waals surface area (Å²) >= 11 is 16.8. The summed E-state index contributed by atoms with van der Waals surface area (Å²) in [5, 5.41) is 0. The summed E-state index contributed by atoms with van der Waals surface area (Å²) in [4.78, 5) is -0.372. The zero-order chi connectivity index (χ0) is 6.62. The standard InChI is InChI=1S/C5H9Cl3/c1-2-5(8,3-6)4-7/h2-4H2,1H3. The van der Waals surface area contributed by atoms with Gasteiger partial charge in [-0.3, -0.25) is 0 Å². The van der Waals surface area contributed by atoms with Gasteiger partial charge in [-0.05, 0) is 6.42 Å². The largest absolute Gasteiger partial charge is 0.125 e. The lowest BCUT2D eigenvalue weighted by Crippen LogP contribution is -2.24. The number of halogens is 3. The van der Waals surface area contributed by atoms with Gasteiger partial charge in [-0.15, -0.1) is 34.8 Å². The first-order valence-electron chi connectivity index (χ1n) is 2.49. The van der Waals surface area contributed by atoms with Gasteiger partial charge in [0.15, 0.2) is 0 Å². The van der Waals surface area contributed by atoms with Gasteiger partial charge in [0.25, 0.3) is 0 Å². The van der Waals surface area contributed by atoms with Gasteiger partial charge >= 0.3 is 0 Å². The predicted octanol–water partition coefficient (Wildman–Crippen LogP) is 2.85. The normalized spacial score (nSPS) is 12.0. The number of alkyl halides is 3. The molecule has 0 rings (SSSR count). The van der Waals surface area contributed by atoms with Gasteiger partial charge in [-0.25, -0.2) is 0 Å². The molecule has 0 amide bonds. The molecule has 0 fully saturated rings. The molecule has 0 spiro atoms. The molecule has 0 heterocycles. The summed E-state index contributed by atoms with van der Waals surface area (Å²) in [5.41, 5.74) is 0. The molecule has 0 aliphatic carbocycles. The molecule has 0 aliphatic rings. The Morgan fingerprint density at radius 1 is 1.25 bits per heavy atom. The first kappa shape index (κ1) is 8.87. The number of hydrogen-bond acceptors (Lipinski definition) is 0. The molecule has 0 nitrogen and oxygen atoms in total. The van der Waals surface area contributed by atoms with Gasteiger partial charge in [0.05, 0.1) is 4.87 Å². The van der Waals surface area contributed by atoms with Crippen LogP contribution in [0.5, 0.6) is 0 Å². The second-order valence-electron chi connectivity index (χ2n) is 1.77. The highest BCUT2D eigenvalue weighted by molar-refractivity contribution is 6.35. The molecule has 0 N–H and O–H groups in total. The third kappa shape index (κ3) is 2.43. The van der Waals surface area contributed by atoms with E-state index in [1.165, 1.54) is 0 Å². The average molecular weight is 175 g/mol. The Kier molecular flexibility index (Phi) is 4.23. The Morgan fingerprint density at radius 2 is 1.62 bits per heavy atom. The Hall–Kier alpha value is 0.870. The molecule has 50 valence electrons. The summed E-state index contributed by atoms with van der Waals surface area (Å²) in [5.74, 6) is 0.850. The molecule has 3 heteroatoms. The van der Waals surface area contributed by atoms with Crippen molar-refractivity contribution < 1.29 is 0 Å². The number of hydrogen-bond donors (Lipinski definition) is 0. The van der Waals surface area contributed by atoms with Crippen LogP contribution in [0.3, 0.4) is 0 Å². The van der Waals surface area contributed by atoms with Crippen LogP contribution in [-0.4, -0.2) is 16.6 Å². The van der Waals surface area contributed by atoms with Crippen molar-refractivity contribution >= 4 is 34.8 Å². The minimum absolute atomic E-state index is 0.372. The average Bonchev–Trinajstić information content (AvgIpc) is 1.87. The van der Waals surface area contributed by atoms with Crippen molar-refractivity contribution in [3.63, 3.8) is 0 Å². The van der Waals surface area contributed by atoms with Gasteiger partial charge in [-0.2, -0.15) is 0 Å². The van der Waals surface area contributed by atoms with E-state index in [0.29, 0.717) is 11.8 Å². The molecular weight excluding hydrogens is 166 g/mol. The van der Waals surface area contributed by atoms with Crippen molar-refractivity contribution in [2.24, 2.45) is 0 Å². The van der Waals surface area contributed by atoms with E-state index < -0.39 is 0 Å². The molecule has 0 saturated heterocycles. The van der Waals surface area contributed by atoms with Crippen molar-refractivity contribution in [1.29, 1.82) is 0 Å². The fourth-order valence-corrected chi connectivity index (χ4v) is 0.888. The molecule has 8 heavy (non-hydrogen) atoms. The van der Waals surface area contributed by atoms with Gasteiger partial charge in [0.1, 0.15) is 0 Å². The van der Waals surface area contributed by atoms with Crippen LogP contribution < -0.4 is 0 Å². The Morgan fingerprint density at radius 3 is 1.62 bits per heavy atom. The van der Waals surface area contributed by atoms with Crippen molar-refractivity contribution in [1.82, 2.24) is 0 Å². The van der Waals surface area contributed by atoms with Crippen molar-refractivity contribution in [2.45, 2.75) is 18.2 Å². The van der Waals surface area contributed by atoms with Crippen LogP contribution in [0.2, 0.25) is 0 Å². The quantitative estimate of drug-likeness (QED) is 0.579. The van der Waals surface area contributed by atoms with Gasteiger partial charge in [-0.1, -0.05) is 6.92 Å². The van der Waals surface area contributed by atoms with Crippen molar-refractivity contribution in [3.05, 3.63) is 0 Å². The van der Waals surface area contributed by atoms with Crippen LogP contribution in [0.4, 0.5) is 0 Å². The third-order valence-electron chi connectivity index (χ3n) is 1.11. The van der Waals surface area contributed by atoms with Crippen LogP contribution in [0.25, 0.3) is 0 Å². The highest BCUT2D eigenvalue weighted by atomic mass is 35.5. The van der Waals surface area contributed by atoms with E-state index in [1.54, 1.807) is 0 Å². The van der Waals surface area contributed by atoms with E-state index in [2.05, 4.69) is 0 Å². The summed E-state index contributed by atoms with van der Waals surface area (Å²) in [6.45, 7) is 1.97. The zero-order valence-corrected chi connectivity index (χ0v) is 7.02. The van der Waals surface area contributed by atoms with Gasteiger partial charge in [0, 0.05) is 11.8 Å². The second kappa shape index (κ2) is 3.81. The fraction of sp³-hybridized carbons (Fsp3) is 1.00. The topological polar surface area (TPSA) is 0 Å². The maximum Gasteiger partial charge on any atom is 0.0713 e. The Balaban J connectivity index is 3.58. The molecule has 0 saturated carbocycles. The smallest absolute Gasteiger partial charge is 0.0713 e. The van der Waals surface area contributed by atoms with E-state index in [1.807, 2.05) is 6.92 Å². The zero-order valence-electron chi connectivity index (χ0n) is 4.76. The minimum Gasteiger partial charge on any atom is -0.125 e. The lowest BCUT2D eigenvalue weighted by atomic mass is 10.1. The lowest BCUT2D eigenvalue weighted by molar-refractivity contribution is 0.685. The minimum atomic E-state index is -0.372. The van der Waals surface area contributed by atoms with Crippen LogP contribution >= 0.6 is 34.8 Å². The maximum atomic E-state index is 5.83. The van der Waals surface area contributed by atoms with Crippen LogP contribution in [-0.2, 0) is 0 Å². The van der Waals surface area contributed by atoms with Gasteiger partial charge < -0.3 is 0 Å². The van der Waals surface area contributed by atoms with Crippen LogP contribution in [0.15, 0.2) is 0 Å². The van der Waals surface area contributed by atoms with E-state index >= 15 is 0 Å². The fourth-order valence-electron chi connectivity index (χ4n) is 0.225. The van der Waals surface area contributed by atoms with Crippen LogP contribution in [0, 0.1) is 0 Å². The molecule has 0 aliphatic heterocycles. The highest BCUT2D eigenvalue weighted by Crippen LogP contribution is 2.22. The van der Waals surface area contributed by atoms with Crippen molar-refractivity contribution in [3.8, 4) is 0 Å². The van der Waals surface area contributed by atoms with E-state index in [4.69, 9.17) is 34.8 Å². The summed E-state index contributed by atoms with van der Waals surface area (Å²) < 4.78 is 0. The molecule has 0 unspecified atom stereocenters. The monoisotopic (exact) mass is 174 g/mol. The summed E-state index contributed by atoms with van der Waals surface area (Å²) in [6, 6.07) is 0. The highest BCUT2D eigenvalue weighted by Gasteiger charge is 2.21. The molecule has 0 atom stereocenters.